The Labute approximate surface area is 95.6 Å². The first-order chi connectivity index (χ1) is 7.56. The van der Waals surface area contributed by atoms with Gasteiger partial charge in [-0.3, -0.25) is 9.59 Å². The first kappa shape index (κ1) is 11.4. The third-order valence-corrected chi connectivity index (χ3v) is 4.12. The van der Waals surface area contributed by atoms with Crippen molar-refractivity contribution in [3.63, 3.8) is 0 Å². The molecule has 2 fully saturated rings. The predicted octanol–water partition coefficient (Wildman–Crippen LogP) is 1.36. The number of nitrogens with zero attached hydrogens (tertiary/aromatic N) is 1. The van der Waals surface area contributed by atoms with Crippen molar-refractivity contribution in [1.82, 2.24) is 4.90 Å². The number of aliphatic carboxylic acids is 1. The predicted molar refractivity (Wildman–Crippen MR) is 58.8 cm³/mol. The summed E-state index contributed by atoms with van der Waals surface area (Å²) < 4.78 is 0. The molecule has 2 rings (SSSR count). The molecular weight excluding hydrogens is 206 g/mol. The molecular formula is C12H19NO3. The highest BCUT2D eigenvalue weighted by Crippen LogP contribution is 2.48. The summed E-state index contributed by atoms with van der Waals surface area (Å²) in [6, 6.07) is 0. The smallest absolute Gasteiger partial charge is 0.312 e. The summed E-state index contributed by atoms with van der Waals surface area (Å²) in [5.74, 6) is 0.963. The number of hydrogen-bond donors (Lipinski definition) is 1. The Bertz CT molecular complexity index is 303. The maximum atomic E-state index is 11.5. The minimum absolute atomic E-state index is 0.268. The van der Waals surface area contributed by atoms with E-state index in [2.05, 4.69) is 0 Å². The standard InChI is InChI=1S/C12H19NO3/c1-13(11(14)6-12(15)16)7-10-5-8-2-3-9(10)4-8/h8-10H,2-7H2,1H3,(H,15,16). The van der Waals surface area contributed by atoms with Gasteiger partial charge in [-0.25, -0.2) is 0 Å². The maximum Gasteiger partial charge on any atom is 0.312 e. The van der Waals surface area contributed by atoms with E-state index in [4.69, 9.17) is 5.11 Å². The van der Waals surface area contributed by atoms with Gasteiger partial charge in [0.2, 0.25) is 5.91 Å². The third-order valence-electron chi connectivity index (χ3n) is 4.12. The van der Waals surface area contributed by atoms with Crippen LogP contribution in [0.15, 0.2) is 0 Å². The van der Waals surface area contributed by atoms with Crippen molar-refractivity contribution in [3.05, 3.63) is 0 Å². The number of carboxylic acids is 1. The van der Waals surface area contributed by atoms with Crippen molar-refractivity contribution >= 4 is 11.9 Å². The largest absolute Gasteiger partial charge is 0.481 e. The zero-order valence-electron chi connectivity index (χ0n) is 9.69. The van der Waals surface area contributed by atoms with Gasteiger partial charge < -0.3 is 10.0 Å². The second kappa shape index (κ2) is 4.44. The lowest BCUT2D eigenvalue weighted by Crippen LogP contribution is -2.34. The van der Waals surface area contributed by atoms with Gasteiger partial charge in [-0.05, 0) is 37.0 Å². The van der Waals surface area contributed by atoms with Gasteiger partial charge in [0.25, 0.3) is 0 Å². The molecule has 0 saturated heterocycles. The molecule has 4 nitrogen and oxygen atoms in total. The summed E-state index contributed by atoms with van der Waals surface area (Å²) in [4.78, 5) is 23.5. The van der Waals surface area contributed by atoms with E-state index in [1.54, 1.807) is 11.9 Å². The summed E-state index contributed by atoms with van der Waals surface area (Å²) in [7, 11) is 1.72. The first-order valence-electron chi connectivity index (χ1n) is 6.02. The van der Waals surface area contributed by atoms with Crippen molar-refractivity contribution in [2.45, 2.75) is 32.1 Å². The topological polar surface area (TPSA) is 57.6 Å². The van der Waals surface area contributed by atoms with Crippen LogP contribution < -0.4 is 0 Å². The number of carboxylic acid groups (broad SMARTS) is 1. The van der Waals surface area contributed by atoms with Gasteiger partial charge in [0.15, 0.2) is 0 Å². The maximum absolute atomic E-state index is 11.5. The number of rotatable bonds is 4. The molecule has 3 unspecified atom stereocenters. The number of hydrogen-bond acceptors (Lipinski definition) is 2. The van der Waals surface area contributed by atoms with Gasteiger partial charge in [-0.1, -0.05) is 6.42 Å². The van der Waals surface area contributed by atoms with E-state index in [1.807, 2.05) is 0 Å². The molecule has 4 heteroatoms. The lowest BCUT2D eigenvalue weighted by atomic mass is 9.88. The van der Waals surface area contributed by atoms with Crippen LogP contribution in [0.5, 0.6) is 0 Å². The van der Waals surface area contributed by atoms with E-state index >= 15 is 0 Å². The summed E-state index contributed by atoms with van der Waals surface area (Å²) >= 11 is 0. The van der Waals surface area contributed by atoms with Crippen molar-refractivity contribution < 1.29 is 14.7 Å². The molecule has 1 amide bonds. The first-order valence-corrected chi connectivity index (χ1v) is 6.02. The molecule has 0 spiro atoms. The van der Waals surface area contributed by atoms with Crippen LogP contribution >= 0.6 is 0 Å². The van der Waals surface area contributed by atoms with Crippen LogP contribution in [0.25, 0.3) is 0 Å². The third kappa shape index (κ3) is 2.36. The van der Waals surface area contributed by atoms with Crippen molar-refractivity contribution in [3.8, 4) is 0 Å². The molecule has 0 aromatic carbocycles. The Kier molecular flexibility index (Phi) is 3.17. The lowest BCUT2D eigenvalue weighted by Gasteiger charge is -2.26. The van der Waals surface area contributed by atoms with Crippen molar-refractivity contribution in [1.29, 1.82) is 0 Å². The van der Waals surface area contributed by atoms with Crippen LogP contribution in [-0.2, 0) is 9.59 Å². The van der Waals surface area contributed by atoms with E-state index in [9.17, 15) is 9.59 Å². The summed E-state index contributed by atoms with van der Waals surface area (Å²) in [5, 5.41) is 8.55. The highest BCUT2D eigenvalue weighted by Gasteiger charge is 2.40. The Balaban J connectivity index is 1.81. The SMILES string of the molecule is CN(CC1CC2CCC1C2)C(=O)CC(=O)O. The van der Waals surface area contributed by atoms with Crippen LogP contribution in [0.1, 0.15) is 32.1 Å². The van der Waals surface area contributed by atoms with E-state index in [0.29, 0.717) is 5.92 Å². The molecule has 90 valence electrons. The summed E-state index contributed by atoms with van der Waals surface area (Å²) in [6.07, 6.45) is 4.84. The fraction of sp³-hybridized carbons (Fsp3) is 0.833. The zero-order chi connectivity index (χ0) is 11.7. The summed E-state index contributed by atoms with van der Waals surface area (Å²) in [5.41, 5.74) is 0. The molecule has 0 aromatic heterocycles. The van der Waals surface area contributed by atoms with Gasteiger partial charge in [-0.15, -0.1) is 0 Å². The van der Waals surface area contributed by atoms with Gasteiger partial charge >= 0.3 is 5.97 Å². The molecule has 3 atom stereocenters. The molecule has 0 aliphatic heterocycles. The Morgan fingerprint density at radius 1 is 1.31 bits per heavy atom. The average Bonchev–Trinajstić information content (AvgIpc) is 2.77. The van der Waals surface area contributed by atoms with Gasteiger partial charge in [-0.2, -0.15) is 0 Å². The van der Waals surface area contributed by atoms with E-state index < -0.39 is 5.97 Å². The fourth-order valence-electron chi connectivity index (χ4n) is 3.32. The molecule has 0 aromatic rings. The van der Waals surface area contributed by atoms with E-state index in [-0.39, 0.29) is 12.3 Å². The van der Waals surface area contributed by atoms with Crippen LogP contribution in [0.4, 0.5) is 0 Å². The van der Waals surface area contributed by atoms with Crippen LogP contribution in [-0.4, -0.2) is 35.5 Å². The Hall–Kier alpha value is -1.06. The minimum atomic E-state index is -1.04. The number of amides is 1. The van der Waals surface area contributed by atoms with E-state index in [0.717, 1.165) is 18.4 Å². The average molecular weight is 225 g/mol. The normalized spacial score (nSPS) is 31.7. The van der Waals surface area contributed by atoms with Gasteiger partial charge in [0.05, 0.1) is 0 Å². The highest BCUT2D eigenvalue weighted by atomic mass is 16.4. The van der Waals surface area contributed by atoms with Crippen LogP contribution in [0, 0.1) is 17.8 Å². The second-order valence-electron chi connectivity index (χ2n) is 5.28. The Morgan fingerprint density at radius 2 is 2.06 bits per heavy atom. The molecule has 0 radical (unpaired) electrons. The summed E-state index contributed by atoms with van der Waals surface area (Å²) in [6.45, 7) is 0.743. The minimum Gasteiger partial charge on any atom is -0.481 e. The fourth-order valence-corrected chi connectivity index (χ4v) is 3.32. The lowest BCUT2D eigenvalue weighted by molar-refractivity contribution is -0.144. The zero-order valence-corrected chi connectivity index (χ0v) is 9.69. The van der Waals surface area contributed by atoms with Crippen LogP contribution in [0.3, 0.4) is 0 Å². The molecule has 16 heavy (non-hydrogen) atoms. The molecule has 0 heterocycles. The molecule has 2 aliphatic rings. The molecule has 2 aliphatic carbocycles. The highest BCUT2D eigenvalue weighted by molar-refractivity contribution is 5.93. The molecule has 2 saturated carbocycles. The second-order valence-corrected chi connectivity index (χ2v) is 5.28. The number of carbonyl (C=O) groups excluding carboxylic acids is 1. The van der Waals surface area contributed by atoms with Crippen LogP contribution in [0.2, 0.25) is 0 Å². The Morgan fingerprint density at radius 3 is 2.56 bits per heavy atom. The van der Waals surface area contributed by atoms with Crippen molar-refractivity contribution in [2.75, 3.05) is 13.6 Å². The number of carbonyl (C=O) groups is 2. The number of fused-ring (bicyclic) bond motifs is 2. The quantitative estimate of drug-likeness (QED) is 0.735. The monoisotopic (exact) mass is 225 g/mol. The molecule has 2 bridgehead atoms. The van der Waals surface area contributed by atoms with Gasteiger partial charge in [0.1, 0.15) is 6.42 Å². The molecule has 1 N–H and O–H groups in total. The van der Waals surface area contributed by atoms with Gasteiger partial charge in [0, 0.05) is 13.6 Å². The van der Waals surface area contributed by atoms with E-state index in [1.165, 1.54) is 25.7 Å². The van der Waals surface area contributed by atoms with Crippen molar-refractivity contribution in [2.24, 2.45) is 17.8 Å².